The van der Waals surface area contributed by atoms with Crippen LogP contribution in [0.5, 0.6) is 0 Å². The van der Waals surface area contributed by atoms with Gasteiger partial charge in [-0.25, -0.2) is 4.39 Å². The zero-order valence-electron chi connectivity index (χ0n) is 8.87. The molecule has 1 heterocycles. The summed E-state index contributed by atoms with van der Waals surface area (Å²) in [6, 6.07) is 4.82. The van der Waals surface area contributed by atoms with E-state index in [4.69, 9.17) is 16.0 Å². The van der Waals surface area contributed by atoms with Crippen LogP contribution in [-0.4, -0.2) is 10.2 Å². The van der Waals surface area contributed by atoms with Crippen molar-refractivity contribution >= 4 is 11.6 Å². The van der Waals surface area contributed by atoms with Gasteiger partial charge in [-0.1, -0.05) is 6.07 Å². The van der Waals surface area contributed by atoms with Gasteiger partial charge in [-0.05, 0) is 31.5 Å². The van der Waals surface area contributed by atoms with E-state index in [1.807, 2.05) is 6.92 Å². The minimum atomic E-state index is -0.380. The van der Waals surface area contributed by atoms with E-state index >= 15 is 0 Å². The molecular formula is C11H10ClFN2O. The molecule has 0 bridgehead atoms. The lowest BCUT2D eigenvalue weighted by Crippen LogP contribution is -1.85. The number of aromatic nitrogens is 2. The fourth-order valence-electron chi connectivity index (χ4n) is 1.30. The van der Waals surface area contributed by atoms with Gasteiger partial charge in [-0.3, -0.25) is 0 Å². The largest absolute Gasteiger partial charge is 0.419 e. The van der Waals surface area contributed by atoms with Crippen LogP contribution < -0.4 is 0 Å². The van der Waals surface area contributed by atoms with E-state index in [0.717, 1.165) is 5.56 Å². The van der Waals surface area contributed by atoms with Crippen LogP contribution in [0.2, 0.25) is 0 Å². The summed E-state index contributed by atoms with van der Waals surface area (Å²) in [6.07, 6.45) is 0. The molecule has 0 saturated carbocycles. The van der Waals surface area contributed by atoms with Gasteiger partial charge >= 0.3 is 0 Å². The highest BCUT2D eigenvalue weighted by molar-refractivity contribution is 6.20. The molecule has 0 N–H and O–H groups in total. The van der Waals surface area contributed by atoms with Crippen LogP contribution in [0.15, 0.2) is 22.6 Å². The van der Waals surface area contributed by atoms with Crippen molar-refractivity contribution in [1.29, 1.82) is 0 Å². The van der Waals surface area contributed by atoms with Gasteiger partial charge in [0.15, 0.2) is 0 Å². The van der Waals surface area contributed by atoms with E-state index in [2.05, 4.69) is 10.2 Å². The van der Waals surface area contributed by atoms with Gasteiger partial charge in [0.2, 0.25) is 5.89 Å². The van der Waals surface area contributed by atoms with Crippen LogP contribution in [-0.2, 0) is 0 Å². The van der Waals surface area contributed by atoms with Gasteiger partial charge in [-0.2, -0.15) is 0 Å². The first-order valence-electron chi connectivity index (χ1n) is 4.82. The first-order chi connectivity index (χ1) is 7.58. The molecule has 0 amide bonds. The quantitative estimate of drug-likeness (QED) is 0.755. The van der Waals surface area contributed by atoms with Crippen molar-refractivity contribution in [3.8, 4) is 11.5 Å². The number of hydrogen-bond donors (Lipinski definition) is 0. The fraction of sp³-hybridized carbons (Fsp3) is 0.273. The number of aryl methyl sites for hydroxylation is 1. The SMILES string of the molecule is Cc1ccc(-c2nnc(C(C)Cl)o2)c(F)c1. The van der Waals surface area contributed by atoms with Crippen LogP contribution in [0.4, 0.5) is 4.39 Å². The Kier molecular flexibility index (Phi) is 2.92. The third kappa shape index (κ3) is 2.07. The average Bonchev–Trinajstić information content (AvgIpc) is 2.66. The second kappa shape index (κ2) is 4.22. The standard InChI is InChI=1S/C11H10ClFN2O/c1-6-3-4-8(9(13)5-6)11-15-14-10(16-11)7(2)12/h3-5,7H,1-2H3. The second-order valence-electron chi connectivity index (χ2n) is 3.54. The normalized spacial score (nSPS) is 12.8. The maximum absolute atomic E-state index is 13.6. The molecule has 16 heavy (non-hydrogen) atoms. The van der Waals surface area contributed by atoms with E-state index in [1.54, 1.807) is 19.1 Å². The molecule has 2 aromatic rings. The number of benzene rings is 1. The summed E-state index contributed by atoms with van der Waals surface area (Å²) in [7, 11) is 0. The van der Waals surface area contributed by atoms with Crippen molar-refractivity contribution in [2.24, 2.45) is 0 Å². The number of nitrogens with zero attached hydrogens (tertiary/aromatic N) is 2. The van der Waals surface area contributed by atoms with E-state index < -0.39 is 0 Å². The lowest BCUT2D eigenvalue weighted by molar-refractivity contribution is 0.502. The molecule has 0 saturated heterocycles. The molecule has 1 unspecified atom stereocenters. The van der Waals surface area contributed by atoms with Gasteiger partial charge < -0.3 is 4.42 Å². The average molecular weight is 241 g/mol. The predicted molar refractivity (Wildman–Crippen MR) is 58.7 cm³/mol. The molecule has 5 heteroatoms. The van der Waals surface area contributed by atoms with Crippen molar-refractivity contribution in [3.05, 3.63) is 35.5 Å². The van der Waals surface area contributed by atoms with Gasteiger partial charge in [0.1, 0.15) is 11.2 Å². The molecule has 2 rings (SSSR count). The lowest BCUT2D eigenvalue weighted by Gasteiger charge is -1.98. The molecule has 1 aromatic carbocycles. The highest BCUT2D eigenvalue weighted by Gasteiger charge is 2.15. The van der Waals surface area contributed by atoms with Crippen molar-refractivity contribution in [2.75, 3.05) is 0 Å². The highest BCUT2D eigenvalue weighted by atomic mass is 35.5. The smallest absolute Gasteiger partial charge is 0.250 e. The zero-order chi connectivity index (χ0) is 11.7. The fourth-order valence-corrected chi connectivity index (χ4v) is 1.39. The summed E-state index contributed by atoms with van der Waals surface area (Å²) in [6.45, 7) is 3.53. The molecule has 84 valence electrons. The Balaban J connectivity index is 2.42. The summed E-state index contributed by atoms with van der Waals surface area (Å²) in [5, 5.41) is 7.12. The molecule has 0 fully saturated rings. The molecule has 0 aliphatic rings. The third-order valence-electron chi connectivity index (χ3n) is 2.14. The van der Waals surface area contributed by atoms with Crippen molar-refractivity contribution in [2.45, 2.75) is 19.2 Å². The molecular weight excluding hydrogens is 231 g/mol. The van der Waals surface area contributed by atoms with E-state index in [9.17, 15) is 4.39 Å². The van der Waals surface area contributed by atoms with E-state index in [0.29, 0.717) is 5.56 Å². The summed E-state index contributed by atoms with van der Waals surface area (Å²) in [5.41, 5.74) is 1.13. The van der Waals surface area contributed by atoms with Crippen LogP contribution >= 0.6 is 11.6 Å². The molecule has 3 nitrogen and oxygen atoms in total. The van der Waals surface area contributed by atoms with Gasteiger partial charge in [0.05, 0.1) is 5.56 Å². The maximum Gasteiger partial charge on any atom is 0.250 e. The number of alkyl halides is 1. The summed E-state index contributed by atoms with van der Waals surface area (Å²) in [5.74, 6) is 0.0640. The van der Waals surface area contributed by atoms with Gasteiger partial charge in [-0.15, -0.1) is 21.8 Å². The number of rotatable bonds is 2. The van der Waals surface area contributed by atoms with Crippen LogP contribution in [0, 0.1) is 12.7 Å². The minimum absolute atomic E-state index is 0.153. The van der Waals surface area contributed by atoms with Crippen LogP contribution in [0.3, 0.4) is 0 Å². The van der Waals surface area contributed by atoms with Crippen molar-refractivity contribution in [1.82, 2.24) is 10.2 Å². The second-order valence-corrected chi connectivity index (χ2v) is 4.20. The molecule has 0 spiro atoms. The Bertz CT molecular complexity index is 510. The summed E-state index contributed by atoms with van der Waals surface area (Å²) >= 11 is 5.78. The Morgan fingerprint density at radius 1 is 1.38 bits per heavy atom. The molecule has 1 aromatic heterocycles. The van der Waals surface area contributed by atoms with Crippen LogP contribution in [0.25, 0.3) is 11.5 Å². The van der Waals surface area contributed by atoms with Crippen molar-refractivity contribution < 1.29 is 8.81 Å². The van der Waals surface area contributed by atoms with E-state index in [1.165, 1.54) is 6.07 Å². The zero-order valence-corrected chi connectivity index (χ0v) is 9.62. The van der Waals surface area contributed by atoms with E-state index in [-0.39, 0.29) is 23.0 Å². The Labute approximate surface area is 97.3 Å². The third-order valence-corrected chi connectivity index (χ3v) is 2.32. The molecule has 1 atom stereocenters. The Hall–Kier alpha value is -1.42. The molecule has 0 aliphatic heterocycles. The monoisotopic (exact) mass is 240 g/mol. The minimum Gasteiger partial charge on any atom is -0.419 e. The maximum atomic E-state index is 13.6. The number of hydrogen-bond acceptors (Lipinski definition) is 3. The van der Waals surface area contributed by atoms with Gasteiger partial charge in [0, 0.05) is 0 Å². The highest BCUT2D eigenvalue weighted by Crippen LogP contribution is 2.25. The lowest BCUT2D eigenvalue weighted by atomic mass is 10.1. The van der Waals surface area contributed by atoms with Gasteiger partial charge in [0.25, 0.3) is 5.89 Å². The van der Waals surface area contributed by atoms with Crippen molar-refractivity contribution in [3.63, 3.8) is 0 Å². The Morgan fingerprint density at radius 3 is 2.69 bits per heavy atom. The first-order valence-corrected chi connectivity index (χ1v) is 5.25. The Morgan fingerprint density at radius 2 is 2.12 bits per heavy atom. The topological polar surface area (TPSA) is 38.9 Å². The first kappa shape index (κ1) is 11.1. The predicted octanol–water partition coefficient (Wildman–Crippen LogP) is 3.48. The van der Waals surface area contributed by atoms with Crippen LogP contribution in [0.1, 0.15) is 23.8 Å². The summed E-state index contributed by atoms with van der Waals surface area (Å²) in [4.78, 5) is 0. The number of halogens is 2. The molecule has 0 radical (unpaired) electrons. The molecule has 0 aliphatic carbocycles. The summed E-state index contributed by atoms with van der Waals surface area (Å²) < 4.78 is 18.8.